The van der Waals surface area contributed by atoms with E-state index in [4.69, 9.17) is 0 Å². The van der Waals surface area contributed by atoms with Crippen molar-refractivity contribution >= 4 is 17.3 Å². The third kappa shape index (κ3) is 4.22. The van der Waals surface area contributed by atoms with E-state index in [1.807, 2.05) is 61.6 Å². The fourth-order valence-corrected chi connectivity index (χ4v) is 4.17. The highest BCUT2D eigenvalue weighted by molar-refractivity contribution is 6.04. The van der Waals surface area contributed by atoms with Gasteiger partial charge in [0, 0.05) is 30.0 Å². The number of benzene rings is 3. The molecule has 0 spiro atoms. The van der Waals surface area contributed by atoms with E-state index in [9.17, 15) is 9.90 Å². The predicted octanol–water partition coefficient (Wildman–Crippen LogP) is 3.62. The Hall–Kier alpha value is -3.15. The monoisotopic (exact) mass is 401 g/mol. The van der Waals surface area contributed by atoms with Crippen LogP contribution in [-0.4, -0.2) is 37.3 Å². The van der Waals surface area contributed by atoms with Crippen LogP contribution in [0.25, 0.3) is 0 Å². The Labute approximate surface area is 177 Å². The Bertz CT molecular complexity index is 992. The highest BCUT2D eigenvalue weighted by atomic mass is 16.3. The van der Waals surface area contributed by atoms with Crippen LogP contribution in [0, 0.1) is 0 Å². The number of hydrogen-bond acceptors (Lipinski definition) is 4. The van der Waals surface area contributed by atoms with E-state index in [1.54, 1.807) is 12.1 Å². The molecule has 3 N–H and O–H groups in total. The molecule has 30 heavy (non-hydrogen) atoms. The van der Waals surface area contributed by atoms with Crippen molar-refractivity contribution in [1.82, 2.24) is 5.32 Å². The van der Waals surface area contributed by atoms with Gasteiger partial charge < -0.3 is 20.6 Å². The second kappa shape index (κ2) is 9.11. The van der Waals surface area contributed by atoms with Gasteiger partial charge in [0.25, 0.3) is 5.91 Å². The number of anilines is 2. The maximum absolute atomic E-state index is 12.5. The Morgan fingerprint density at radius 2 is 1.73 bits per heavy atom. The molecular formula is C25H27N3O2. The zero-order chi connectivity index (χ0) is 20.9. The summed E-state index contributed by atoms with van der Waals surface area (Å²) in [5.74, 6) is -0.114. The van der Waals surface area contributed by atoms with Crippen molar-refractivity contribution in [3.63, 3.8) is 0 Å². The maximum Gasteiger partial charge on any atom is 0.255 e. The summed E-state index contributed by atoms with van der Waals surface area (Å²) in [7, 11) is 1.85. The fourth-order valence-electron chi connectivity index (χ4n) is 4.17. The molecule has 0 saturated heterocycles. The molecule has 5 heteroatoms. The van der Waals surface area contributed by atoms with E-state index in [2.05, 4.69) is 27.7 Å². The lowest BCUT2D eigenvalue weighted by Crippen LogP contribution is -2.40. The minimum absolute atomic E-state index is 0.114. The summed E-state index contributed by atoms with van der Waals surface area (Å²) >= 11 is 0. The molecule has 1 amide bonds. The fraction of sp³-hybridized carbons (Fsp3) is 0.240. The molecule has 4 rings (SSSR count). The number of likely N-dealkylation sites (N-methyl/N-ethyl adjacent to an activating group) is 1. The predicted molar refractivity (Wildman–Crippen MR) is 121 cm³/mol. The van der Waals surface area contributed by atoms with Crippen LogP contribution in [0.3, 0.4) is 0 Å². The zero-order valence-electron chi connectivity index (χ0n) is 17.1. The van der Waals surface area contributed by atoms with Crippen LogP contribution in [0.15, 0.2) is 78.9 Å². The lowest BCUT2D eigenvalue weighted by atomic mass is 9.99. The standard InChI is InChI=1S/C25H27N3O2/c1-26-17-23(29)24(18-8-4-2-5-9-18)28-15-14-20-16-21(12-13-22(20)28)27-25(30)19-10-6-3-7-11-19/h2-13,16,23-24,26,29H,14-15,17H2,1H3,(H,27,30)/t23-,24+/m1/s1. The van der Waals surface area contributed by atoms with E-state index < -0.39 is 6.10 Å². The normalized spacial score (nSPS) is 14.8. The van der Waals surface area contributed by atoms with Crippen LogP contribution in [-0.2, 0) is 6.42 Å². The van der Waals surface area contributed by atoms with Gasteiger partial charge in [-0.2, -0.15) is 0 Å². The first-order chi connectivity index (χ1) is 14.7. The quantitative estimate of drug-likeness (QED) is 0.566. The van der Waals surface area contributed by atoms with Crippen LogP contribution < -0.4 is 15.5 Å². The Morgan fingerprint density at radius 1 is 1.03 bits per heavy atom. The summed E-state index contributed by atoms with van der Waals surface area (Å²) in [6.07, 6.45) is 0.334. The van der Waals surface area contributed by atoms with Gasteiger partial charge in [-0.15, -0.1) is 0 Å². The van der Waals surface area contributed by atoms with Crippen LogP contribution in [0.1, 0.15) is 27.5 Å². The van der Waals surface area contributed by atoms with Gasteiger partial charge in [-0.05, 0) is 54.9 Å². The van der Waals surface area contributed by atoms with Crippen molar-refractivity contribution in [1.29, 1.82) is 0 Å². The molecule has 0 aliphatic carbocycles. The summed E-state index contributed by atoms with van der Waals surface area (Å²) in [5.41, 5.74) is 4.81. The molecule has 0 fully saturated rings. The minimum atomic E-state index is -0.541. The maximum atomic E-state index is 12.5. The average Bonchev–Trinajstić information content (AvgIpc) is 3.18. The Kier molecular flexibility index (Phi) is 6.12. The number of hydrogen-bond donors (Lipinski definition) is 3. The van der Waals surface area contributed by atoms with Gasteiger partial charge in [-0.3, -0.25) is 4.79 Å². The third-order valence-corrected chi connectivity index (χ3v) is 5.56. The molecule has 0 saturated carbocycles. The molecule has 1 heterocycles. The van der Waals surface area contributed by atoms with Gasteiger partial charge >= 0.3 is 0 Å². The molecule has 3 aromatic rings. The number of fused-ring (bicyclic) bond motifs is 1. The van der Waals surface area contributed by atoms with Crippen LogP contribution in [0.2, 0.25) is 0 Å². The summed E-state index contributed by atoms with van der Waals surface area (Å²) in [5, 5.41) is 17.0. The second-order valence-corrected chi connectivity index (χ2v) is 7.59. The van der Waals surface area contributed by atoms with Crippen molar-refractivity contribution < 1.29 is 9.90 Å². The number of nitrogens with zero attached hydrogens (tertiary/aromatic N) is 1. The minimum Gasteiger partial charge on any atom is -0.389 e. The zero-order valence-corrected chi connectivity index (χ0v) is 17.1. The van der Waals surface area contributed by atoms with Gasteiger partial charge in [-0.1, -0.05) is 48.5 Å². The molecule has 0 bridgehead atoms. The first kappa shape index (κ1) is 20.1. The summed E-state index contributed by atoms with van der Waals surface area (Å²) in [4.78, 5) is 14.7. The summed E-state index contributed by atoms with van der Waals surface area (Å²) in [6, 6.07) is 25.2. The number of amides is 1. The highest BCUT2D eigenvalue weighted by Gasteiger charge is 2.32. The van der Waals surface area contributed by atoms with Gasteiger partial charge in [0.2, 0.25) is 0 Å². The Morgan fingerprint density at radius 3 is 2.43 bits per heavy atom. The van der Waals surface area contributed by atoms with E-state index in [1.165, 1.54) is 5.56 Å². The van der Waals surface area contributed by atoms with Crippen molar-refractivity contribution in [3.8, 4) is 0 Å². The van der Waals surface area contributed by atoms with Crippen molar-refractivity contribution in [2.24, 2.45) is 0 Å². The lowest BCUT2D eigenvalue weighted by Gasteiger charge is -2.34. The lowest BCUT2D eigenvalue weighted by molar-refractivity contribution is 0.102. The van der Waals surface area contributed by atoms with E-state index in [0.717, 1.165) is 29.9 Å². The topological polar surface area (TPSA) is 64.6 Å². The molecule has 3 aromatic carbocycles. The van der Waals surface area contributed by atoms with Crippen molar-refractivity contribution in [2.75, 3.05) is 30.4 Å². The molecule has 0 radical (unpaired) electrons. The molecule has 1 aliphatic heterocycles. The number of rotatable bonds is 7. The molecule has 0 aromatic heterocycles. The summed E-state index contributed by atoms with van der Waals surface area (Å²) in [6.45, 7) is 1.34. The summed E-state index contributed by atoms with van der Waals surface area (Å²) < 4.78 is 0. The van der Waals surface area contributed by atoms with Crippen LogP contribution in [0.4, 0.5) is 11.4 Å². The number of aliphatic hydroxyl groups excluding tert-OH is 1. The first-order valence-electron chi connectivity index (χ1n) is 10.3. The van der Waals surface area contributed by atoms with E-state index in [0.29, 0.717) is 12.1 Å². The third-order valence-electron chi connectivity index (χ3n) is 5.56. The molecule has 5 nitrogen and oxygen atoms in total. The SMILES string of the molecule is CNC[C@@H](O)[C@H](c1ccccc1)N1CCc2cc(NC(=O)c3ccccc3)ccc21. The van der Waals surface area contributed by atoms with E-state index in [-0.39, 0.29) is 11.9 Å². The van der Waals surface area contributed by atoms with Gasteiger partial charge in [0.15, 0.2) is 0 Å². The number of carbonyl (C=O) groups is 1. The average molecular weight is 402 g/mol. The Balaban J connectivity index is 1.58. The van der Waals surface area contributed by atoms with Crippen LogP contribution >= 0.6 is 0 Å². The van der Waals surface area contributed by atoms with Crippen molar-refractivity contribution in [2.45, 2.75) is 18.6 Å². The first-order valence-corrected chi connectivity index (χ1v) is 10.3. The molecular weight excluding hydrogens is 374 g/mol. The highest BCUT2D eigenvalue weighted by Crippen LogP contribution is 2.38. The molecule has 1 aliphatic rings. The molecule has 154 valence electrons. The molecule has 2 atom stereocenters. The number of nitrogens with one attached hydrogen (secondary N) is 2. The van der Waals surface area contributed by atoms with Gasteiger partial charge in [-0.25, -0.2) is 0 Å². The largest absolute Gasteiger partial charge is 0.389 e. The number of carbonyl (C=O) groups excluding carboxylic acids is 1. The van der Waals surface area contributed by atoms with E-state index >= 15 is 0 Å². The second-order valence-electron chi connectivity index (χ2n) is 7.59. The molecule has 0 unspecified atom stereocenters. The van der Waals surface area contributed by atoms with Crippen LogP contribution in [0.5, 0.6) is 0 Å². The number of aliphatic hydroxyl groups is 1. The smallest absolute Gasteiger partial charge is 0.255 e. The van der Waals surface area contributed by atoms with Gasteiger partial charge in [0.05, 0.1) is 12.1 Å². The van der Waals surface area contributed by atoms with Gasteiger partial charge in [0.1, 0.15) is 0 Å². The van der Waals surface area contributed by atoms with Crippen molar-refractivity contribution in [3.05, 3.63) is 95.6 Å².